The summed E-state index contributed by atoms with van der Waals surface area (Å²) in [5, 5.41) is 55.1. The lowest BCUT2D eigenvalue weighted by molar-refractivity contribution is -0.447. The van der Waals surface area contributed by atoms with Crippen molar-refractivity contribution in [3.63, 3.8) is 0 Å². The smallest absolute Gasteiger partial charge is 0.244 e. The molecule has 0 spiro atoms. The van der Waals surface area contributed by atoms with E-state index >= 15 is 0 Å². The molecule has 0 aromatic heterocycles. The van der Waals surface area contributed by atoms with Crippen LogP contribution in [0.1, 0.15) is 13.8 Å². The molecule has 0 aliphatic rings. The molecule has 20 heavy (non-hydrogen) atoms. The van der Waals surface area contributed by atoms with Crippen LogP contribution >= 0.6 is 12.6 Å². The average molecular weight is 318 g/mol. The molecule has 122 valence electrons. The molecule has 4 unspecified atom stereocenters. The quantitative estimate of drug-likeness (QED) is 0.0990. The van der Waals surface area contributed by atoms with Crippen LogP contribution in [0.15, 0.2) is 0 Å². The van der Waals surface area contributed by atoms with Crippen molar-refractivity contribution in [1.82, 2.24) is 0 Å². The third kappa shape index (κ3) is 7.13. The molecule has 9 nitrogen and oxygen atoms in total. The number of hydrogen-bond donors (Lipinski definition) is 7. The molecule has 0 aliphatic carbocycles. The lowest BCUT2D eigenvalue weighted by Gasteiger charge is -2.28. The largest absolute Gasteiger partial charge is 0.391 e. The van der Waals surface area contributed by atoms with E-state index in [2.05, 4.69) is 22.3 Å². The van der Waals surface area contributed by atoms with E-state index in [1.807, 2.05) is 0 Å². The summed E-state index contributed by atoms with van der Waals surface area (Å²) >= 11 is 3.87. The van der Waals surface area contributed by atoms with E-state index in [1.54, 1.807) is 0 Å². The monoisotopic (exact) mass is 318 g/mol. The zero-order valence-electron chi connectivity index (χ0n) is 11.1. The minimum Gasteiger partial charge on any atom is -0.391 e. The summed E-state index contributed by atoms with van der Waals surface area (Å²) in [5.74, 6) is -0.103. The van der Waals surface area contributed by atoms with E-state index in [1.165, 1.54) is 13.8 Å². The number of ether oxygens (including phenoxy) is 1. The van der Waals surface area contributed by atoms with Crippen molar-refractivity contribution in [3.8, 4) is 0 Å². The summed E-state index contributed by atoms with van der Waals surface area (Å²) in [4.78, 5) is 9.23. The van der Waals surface area contributed by atoms with E-state index < -0.39 is 43.3 Å². The van der Waals surface area contributed by atoms with Gasteiger partial charge in [0.25, 0.3) is 0 Å². The maximum atomic E-state index is 9.70. The van der Waals surface area contributed by atoms with Gasteiger partial charge in [0.2, 0.25) is 12.6 Å². The first-order valence-corrected chi connectivity index (χ1v) is 6.50. The number of thiol groups is 1. The van der Waals surface area contributed by atoms with Gasteiger partial charge in [-0.25, -0.2) is 4.89 Å². The van der Waals surface area contributed by atoms with Crippen molar-refractivity contribution in [3.05, 3.63) is 0 Å². The highest BCUT2D eigenvalue weighted by Crippen LogP contribution is 2.13. The zero-order valence-corrected chi connectivity index (χ0v) is 12.0. The van der Waals surface area contributed by atoms with Crippen molar-refractivity contribution in [2.45, 2.75) is 57.1 Å². The topological polar surface area (TPSA) is 149 Å². The maximum absolute atomic E-state index is 9.70. The standard InChI is InChI=1S/C10H22O9S/c1-4(11)7(13)8(14)6(3-20)18-19-10(9(15)16)17-5(2)12/h4-16,20H,3H2,1-2H3/t4?,5-,6-,7?,8?,10?/m1/s1. The molecule has 0 heterocycles. The van der Waals surface area contributed by atoms with Crippen LogP contribution in [0.4, 0.5) is 0 Å². The minimum atomic E-state index is -2.11. The number of aliphatic hydroxyl groups is 6. The highest BCUT2D eigenvalue weighted by atomic mass is 32.1. The van der Waals surface area contributed by atoms with Gasteiger partial charge in [0, 0.05) is 5.75 Å². The first-order chi connectivity index (χ1) is 9.20. The predicted octanol–water partition coefficient (Wildman–Crippen LogP) is -2.67. The van der Waals surface area contributed by atoms with Crippen molar-refractivity contribution < 1.29 is 45.2 Å². The molecular formula is C10H22O9S. The van der Waals surface area contributed by atoms with E-state index in [-0.39, 0.29) is 5.75 Å². The third-order valence-electron chi connectivity index (χ3n) is 2.25. The fourth-order valence-corrected chi connectivity index (χ4v) is 1.44. The van der Waals surface area contributed by atoms with Gasteiger partial charge >= 0.3 is 0 Å². The Morgan fingerprint density at radius 3 is 1.80 bits per heavy atom. The minimum absolute atomic E-state index is 0.103. The summed E-state index contributed by atoms with van der Waals surface area (Å²) in [6.45, 7) is 2.47. The number of aliphatic hydroxyl groups excluding tert-OH is 5. The number of rotatable bonds is 10. The second-order valence-electron chi connectivity index (χ2n) is 4.15. The van der Waals surface area contributed by atoms with Crippen LogP contribution in [0.3, 0.4) is 0 Å². The molecule has 0 radical (unpaired) electrons. The second-order valence-corrected chi connectivity index (χ2v) is 4.52. The fourth-order valence-electron chi connectivity index (χ4n) is 1.16. The van der Waals surface area contributed by atoms with Crippen LogP contribution in [0, 0.1) is 0 Å². The Bertz CT molecular complexity index is 251. The Morgan fingerprint density at radius 2 is 1.45 bits per heavy atom. The molecule has 0 bridgehead atoms. The van der Waals surface area contributed by atoms with Gasteiger partial charge in [-0.1, -0.05) is 0 Å². The van der Waals surface area contributed by atoms with Gasteiger partial charge in [-0.2, -0.15) is 17.5 Å². The first kappa shape index (κ1) is 20.0. The van der Waals surface area contributed by atoms with Crippen LogP contribution in [0.2, 0.25) is 0 Å². The van der Waals surface area contributed by atoms with Gasteiger partial charge in [-0.15, -0.1) is 0 Å². The maximum Gasteiger partial charge on any atom is 0.244 e. The Labute approximate surface area is 121 Å². The normalized spacial score (nSPS) is 21.3. The Balaban J connectivity index is 4.48. The SMILES string of the molecule is CC(O)C(O)C(O)[C@@H](CS)OOC(O[C@H](C)O)C(O)O. The van der Waals surface area contributed by atoms with Crippen molar-refractivity contribution in [2.75, 3.05) is 5.75 Å². The average Bonchev–Trinajstić information content (AvgIpc) is 2.35. The van der Waals surface area contributed by atoms with Crippen LogP contribution < -0.4 is 0 Å². The van der Waals surface area contributed by atoms with Crippen LogP contribution in [-0.2, 0) is 14.5 Å². The summed E-state index contributed by atoms with van der Waals surface area (Å²) in [6.07, 6.45) is -10.6. The molecule has 0 rings (SSSR count). The van der Waals surface area contributed by atoms with Gasteiger partial charge in [0.15, 0.2) is 6.29 Å². The molecule has 0 aliphatic heterocycles. The van der Waals surface area contributed by atoms with Gasteiger partial charge in [-0.3, -0.25) is 0 Å². The van der Waals surface area contributed by atoms with Crippen molar-refractivity contribution >= 4 is 12.6 Å². The fraction of sp³-hybridized carbons (Fsp3) is 1.00. The van der Waals surface area contributed by atoms with Crippen LogP contribution in [0.5, 0.6) is 0 Å². The van der Waals surface area contributed by atoms with Gasteiger partial charge in [0.05, 0.1) is 6.10 Å². The molecule has 0 saturated carbocycles. The lowest BCUT2D eigenvalue weighted by atomic mass is 10.1. The molecule has 6 N–H and O–H groups in total. The van der Waals surface area contributed by atoms with Crippen LogP contribution in [0.25, 0.3) is 0 Å². The molecule has 10 heteroatoms. The molecule has 0 amide bonds. The Hall–Kier alpha value is -0.0100. The van der Waals surface area contributed by atoms with E-state index in [0.717, 1.165) is 0 Å². The lowest BCUT2D eigenvalue weighted by Crippen LogP contribution is -2.46. The highest BCUT2D eigenvalue weighted by Gasteiger charge is 2.32. The third-order valence-corrected chi connectivity index (χ3v) is 2.61. The van der Waals surface area contributed by atoms with Gasteiger partial charge < -0.3 is 35.4 Å². The summed E-state index contributed by atoms with van der Waals surface area (Å²) in [6, 6.07) is 0. The zero-order chi connectivity index (χ0) is 15.9. The highest BCUT2D eigenvalue weighted by molar-refractivity contribution is 7.80. The summed E-state index contributed by atoms with van der Waals surface area (Å²) in [5.41, 5.74) is 0. The second kappa shape index (κ2) is 9.84. The Morgan fingerprint density at radius 1 is 0.900 bits per heavy atom. The predicted molar refractivity (Wildman–Crippen MR) is 68.3 cm³/mol. The van der Waals surface area contributed by atoms with E-state index in [9.17, 15) is 10.2 Å². The molecule has 0 saturated heterocycles. The van der Waals surface area contributed by atoms with E-state index in [4.69, 9.17) is 25.3 Å². The first-order valence-electron chi connectivity index (χ1n) is 5.87. The van der Waals surface area contributed by atoms with Crippen molar-refractivity contribution in [2.24, 2.45) is 0 Å². The number of hydrogen-bond acceptors (Lipinski definition) is 10. The Kier molecular flexibility index (Phi) is 9.84. The van der Waals surface area contributed by atoms with Crippen molar-refractivity contribution in [1.29, 1.82) is 0 Å². The summed E-state index contributed by atoms with van der Waals surface area (Å²) in [7, 11) is 0. The molecule has 0 aromatic rings. The van der Waals surface area contributed by atoms with Crippen LogP contribution in [-0.4, -0.2) is 79.7 Å². The molecular weight excluding hydrogens is 296 g/mol. The molecule has 0 aromatic carbocycles. The van der Waals surface area contributed by atoms with Gasteiger partial charge in [-0.05, 0) is 13.8 Å². The molecule has 0 fully saturated rings. The van der Waals surface area contributed by atoms with Gasteiger partial charge in [0.1, 0.15) is 18.3 Å². The van der Waals surface area contributed by atoms with E-state index in [0.29, 0.717) is 0 Å². The summed E-state index contributed by atoms with van der Waals surface area (Å²) < 4.78 is 4.58. The molecule has 6 atom stereocenters.